The molecule has 1 aliphatic carbocycles. The van der Waals surface area contributed by atoms with Gasteiger partial charge in [-0.05, 0) is 49.9 Å². The quantitative estimate of drug-likeness (QED) is 0.800. The molecule has 3 rings (SSSR count). The zero-order valence-corrected chi connectivity index (χ0v) is 15.5. The molecule has 0 radical (unpaired) electrons. The molecule has 1 saturated carbocycles. The molecular formula is C21H22F2N2O3. The van der Waals surface area contributed by atoms with Gasteiger partial charge in [-0.25, -0.2) is 8.78 Å². The minimum atomic E-state index is -1.01. The van der Waals surface area contributed by atoms with Gasteiger partial charge in [0, 0.05) is 23.6 Å². The van der Waals surface area contributed by atoms with E-state index >= 15 is 0 Å². The third kappa shape index (κ3) is 4.65. The van der Waals surface area contributed by atoms with Crippen LogP contribution in [0.5, 0.6) is 5.75 Å². The summed E-state index contributed by atoms with van der Waals surface area (Å²) in [7, 11) is 1.54. The van der Waals surface area contributed by atoms with Gasteiger partial charge in [0.05, 0.1) is 12.8 Å². The molecule has 28 heavy (non-hydrogen) atoms. The predicted molar refractivity (Wildman–Crippen MR) is 102 cm³/mol. The van der Waals surface area contributed by atoms with Crippen LogP contribution < -0.4 is 15.4 Å². The van der Waals surface area contributed by atoms with E-state index in [2.05, 4.69) is 10.6 Å². The van der Waals surface area contributed by atoms with Crippen LogP contribution in [0.3, 0.4) is 0 Å². The second kappa shape index (κ2) is 8.82. The van der Waals surface area contributed by atoms with Gasteiger partial charge >= 0.3 is 0 Å². The van der Waals surface area contributed by atoms with Crippen LogP contribution in [0.15, 0.2) is 42.5 Å². The minimum Gasteiger partial charge on any atom is -0.495 e. The SMILES string of the molecule is COc1ccccc1NC(=O)C1CCC(C(=O)Nc2ccc(F)c(F)c2)CC1. The van der Waals surface area contributed by atoms with Crippen molar-refractivity contribution >= 4 is 23.2 Å². The molecule has 1 fully saturated rings. The van der Waals surface area contributed by atoms with Crippen LogP contribution in [-0.4, -0.2) is 18.9 Å². The maximum absolute atomic E-state index is 13.3. The van der Waals surface area contributed by atoms with Crippen molar-refractivity contribution in [1.29, 1.82) is 0 Å². The Bertz CT molecular complexity index is 864. The topological polar surface area (TPSA) is 67.4 Å². The molecule has 0 atom stereocenters. The summed E-state index contributed by atoms with van der Waals surface area (Å²) in [6, 6.07) is 10.4. The molecular weight excluding hydrogens is 366 g/mol. The van der Waals surface area contributed by atoms with Crippen molar-refractivity contribution in [3.8, 4) is 5.75 Å². The molecule has 0 spiro atoms. The van der Waals surface area contributed by atoms with Gasteiger partial charge in [-0.2, -0.15) is 0 Å². The van der Waals surface area contributed by atoms with Crippen molar-refractivity contribution in [2.45, 2.75) is 25.7 Å². The summed E-state index contributed by atoms with van der Waals surface area (Å²) in [5.41, 5.74) is 0.841. The lowest BCUT2D eigenvalue weighted by molar-refractivity contribution is -0.125. The van der Waals surface area contributed by atoms with Crippen LogP contribution in [-0.2, 0) is 9.59 Å². The standard InChI is InChI=1S/C21H22F2N2O3/c1-28-19-5-3-2-4-18(19)25-21(27)14-8-6-13(7-9-14)20(26)24-15-10-11-16(22)17(23)12-15/h2-5,10-14H,6-9H2,1H3,(H,24,26)(H,25,27). The van der Waals surface area contributed by atoms with Gasteiger partial charge < -0.3 is 15.4 Å². The number of para-hydroxylation sites is 2. The fourth-order valence-corrected chi connectivity index (χ4v) is 3.42. The normalized spacial score (nSPS) is 19.0. The molecule has 2 amide bonds. The Kier molecular flexibility index (Phi) is 6.23. The molecule has 2 aromatic carbocycles. The Hall–Kier alpha value is -2.96. The molecule has 0 unspecified atom stereocenters. The van der Waals surface area contributed by atoms with E-state index in [0.29, 0.717) is 37.1 Å². The van der Waals surface area contributed by atoms with Crippen LogP contribution in [0.4, 0.5) is 20.2 Å². The maximum Gasteiger partial charge on any atom is 0.227 e. The number of nitrogens with one attached hydrogen (secondary N) is 2. The molecule has 5 nitrogen and oxygen atoms in total. The summed E-state index contributed by atoms with van der Waals surface area (Å²) in [6.07, 6.45) is 2.27. The number of hydrogen-bond donors (Lipinski definition) is 2. The van der Waals surface area contributed by atoms with Gasteiger partial charge in [0.15, 0.2) is 11.6 Å². The third-order valence-electron chi connectivity index (χ3n) is 5.02. The smallest absolute Gasteiger partial charge is 0.227 e. The van der Waals surface area contributed by atoms with Crippen molar-refractivity contribution in [2.75, 3.05) is 17.7 Å². The molecule has 0 aliphatic heterocycles. The van der Waals surface area contributed by atoms with Gasteiger partial charge in [0.25, 0.3) is 0 Å². The number of ether oxygens (including phenoxy) is 1. The molecule has 1 aliphatic rings. The first-order valence-corrected chi connectivity index (χ1v) is 9.17. The fraction of sp³-hybridized carbons (Fsp3) is 0.333. The summed E-state index contributed by atoms with van der Waals surface area (Å²) >= 11 is 0. The van der Waals surface area contributed by atoms with Crippen molar-refractivity contribution < 1.29 is 23.1 Å². The number of benzene rings is 2. The van der Waals surface area contributed by atoms with E-state index in [1.807, 2.05) is 12.1 Å². The molecule has 148 valence electrons. The molecule has 0 aromatic heterocycles. The Balaban J connectivity index is 1.52. The van der Waals surface area contributed by atoms with Gasteiger partial charge in [0.2, 0.25) is 11.8 Å². The minimum absolute atomic E-state index is 0.0936. The number of carbonyl (C=O) groups excluding carboxylic acids is 2. The lowest BCUT2D eigenvalue weighted by Crippen LogP contribution is -2.32. The summed E-state index contributed by atoms with van der Waals surface area (Å²) in [6.45, 7) is 0. The summed E-state index contributed by atoms with van der Waals surface area (Å²) in [4.78, 5) is 24.9. The first-order chi connectivity index (χ1) is 13.5. The van der Waals surface area contributed by atoms with Crippen molar-refractivity contribution in [2.24, 2.45) is 11.8 Å². The van der Waals surface area contributed by atoms with Crippen LogP contribution in [0, 0.1) is 23.5 Å². The van der Waals surface area contributed by atoms with Crippen molar-refractivity contribution in [1.82, 2.24) is 0 Å². The highest BCUT2D eigenvalue weighted by Gasteiger charge is 2.30. The summed E-state index contributed by atoms with van der Waals surface area (Å²) in [5.74, 6) is -2.15. The number of hydrogen-bond acceptors (Lipinski definition) is 3. The lowest BCUT2D eigenvalue weighted by Gasteiger charge is -2.27. The number of halogens is 2. The Morgan fingerprint density at radius 3 is 2.11 bits per heavy atom. The first kappa shape index (κ1) is 19.8. The Morgan fingerprint density at radius 2 is 1.50 bits per heavy atom. The van der Waals surface area contributed by atoms with E-state index < -0.39 is 11.6 Å². The van der Waals surface area contributed by atoms with E-state index in [4.69, 9.17) is 4.74 Å². The Labute approximate surface area is 162 Å². The number of amides is 2. The van der Waals surface area contributed by atoms with E-state index in [9.17, 15) is 18.4 Å². The summed E-state index contributed by atoms with van der Waals surface area (Å²) in [5, 5.41) is 5.50. The fourth-order valence-electron chi connectivity index (χ4n) is 3.42. The van der Waals surface area contributed by atoms with Crippen LogP contribution in [0.25, 0.3) is 0 Å². The maximum atomic E-state index is 13.3. The highest BCUT2D eigenvalue weighted by Crippen LogP contribution is 2.32. The number of methoxy groups -OCH3 is 1. The van der Waals surface area contributed by atoms with Crippen molar-refractivity contribution in [3.05, 3.63) is 54.1 Å². The molecule has 2 N–H and O–H groups in total. The zero-order chi connectivity index (χ0) is 20.1. The number of anilines is 2. The second-order valence-electron chi connectivity index (χ2n) is 6.86. The van der Waals surface area contributed by atoms with Crippen LogP contribution >= 0.6 is 0 Å². The Morgan fingerprint density at radius 1 is 0.893 bits per heavy atom. The summed E-state index contributed by atoms with van der Waals surface area (Å²) < 4.78 is 31.5. The predicted octanol–water partition coefficient (Wildman–Crippen LogP) is 4.36. The van der Waals surface area contributed by atoms with Gasteiger partial charge in [0.1, 0.15) is 5.75 Å². The average Bonchev–Trinajstić information content (AvgIpc) is 2.71. The highest BCUT2D eigenvalue weighted by molar-refractivity contribution is 5.95. The third-order valence-corrected chi connectivity index (χ3v) is 5.02. The molecule has 0 saturated heterocycles. The van der Waals surface area contributed by atoms with Gasteiger partial charge in [-0.15, -0.1) is 0 Å². The zero-order valence-electron chi connectivity index (χ0n) is 15.5. The molecule has 0 bridgehead atoms. The van der Waals surface area contributed by atoms with Crippen molar-refractivity contribution in [3.63, 3.8) is 0 Å². The van der Waals surface area contributed by atoms with E-state index in [0.717, 1.165) is 12.1 Å². The largest absolute Gasteiger partial charge is 0.495 e. The molecule has 7 heteroatoms. The molecule has 0 heterocycles. The number of carbonyl (C=O) groups is 2. The average molecular weight is 388 g/mol. The van der Waals surface area contributed by atoms with Gasteiger partial charge in [-0.3, -0.25) is 9.59 Å². The first-order valence-electron chi connectivity index (χ1n) is 9.17. The van der Waals surface area contributed by atoms with E-state index in [1.165, 1.54) is 6.07 Å². The van der Waals surface area contributed by atoms with E-state index in [1.54, 1.807) is 19.2 Å². The lowest BCUT2D eigenvalue weighted by atomic mass is 9.81. The van der Waals surface area contributed by atoms with Crippen LogP contribution in [0.1, 0.15) is 25.7 Å². The van der Waals surface area contributed by atoms with Gasteiger partial charge in [-0.1, -0.05) is 12.1 Å². The highest BCUT2D eigenvalue weighted by atomic mass is 19.2. The monoisotopic (exact) mass is 388 g/mol. The number of rotatable bonds is 5. The van der Waals surface area contributed by atoms with E-state index in [-0.39, 0.29) is 29.3 Å². The van der Waals surface area contributed by atoms with Crippen LogP contribution in [0.2, 0.25) is 0 Å². The second-order valence-corrected chi connectivity index (χ2v) is 6.86. The molecule has 2 aromatic rings.